The molecule has 0 saturated heterocycles. The lowest BCUT2D eigenvalue weighted by Crippen LogP contribution is -2.28. The van der Waals surface area contributed by atoms with E-state index in [-0.39, 0.29) is 4.90 Å². The molecule has 0 atom stereocenters. The Bertz CT molecular complexity index is 997. The zero-order valence-corrected chi connectivity index (χ0v) is 15.5. The quantitative estimate of drug-likeness (QED) is 0.513. The van der Waals surface area contributed by atoms with Crippen LogP contribution in [0.15, 0.2) is 94.2 Å². The van der Waals surface area contributed by atoms with E-state index in [2.05, 4.69) is 4.40 Å². The maximum absolute atomic E-state index is 12.8. The van der Waals surface area contributed by atoms with Crippen LogP contribution in [0, 0.1) is 6.92 Å². The highest BCUT2D eigenvalue weighted by Gasteiger charge is 2.18. The molecular weight excluding hydrogens is 344 g/mol. The summed E-state index contributed by atoms with van der Waals surface area (Å²) in [6, 6.07) is 25.6. The fourth-order valence-corrected chi connectivity index (χ4v) is 3.59. The highest BCUT2D eigenvalue weighted by atomic mass is 32.2. The largest absolute Gasteiger partial charge is 0.328 e. The molecule has 0 aliphatic carbocycles. The first kappa shape index (κ1) is 17.9. The number of rotatable bonds is 4. The second kappa shape index (κ2) is 7.54. The smallest absolute Gasteiger partial charge is 0.284 e. The van der Waals surface area contributed by atoms with Crippen molar-refractivity contribution < 1.29 is 8.42 Å². The summed E-state index contributed by atoms with van der Waals surface area (Å²) >= 11 is 0. The van der Waals surface area contributed by atoms with Gasteiger partial charge in [-0.15, -0.1) is 4.40 Å². The van der Waals surface area contributed by atoms with Crippen molar-refractivity contribution in [3.63, 3.8) is 0 Å². The van der Waals surface area contributed by atoms with Crippen molar-refractivity contribution in [1.82, 2.24) is 0 Å². The summed E-state index contributed by atoms with van der Waals surface area (Å²) in [5.41, 5.74) is 2.58. The van der Waals surface area contributed by atoms with Crippen LogP contribution in [0.4, 0.5) is 5.69 Å². The molecule has 0 aliphatic heterocycles. The van der Waals surface area contributed by atoms with E-state index in [1.165, 1.54) is 0 Å². The standard InChI is InChI=1S/C21H20N2O2S/c1-17-13-15-20(16-14-17)26(24,25)22-21(18-9-5-3-6-10-18)23(2)19-11-7-4-8-12-19/h3-16H,1-2H3/b22-21+. The van der Waals surface area contributed by atoms with Gasteiger partial charge in [0.15, 0.2) is 5.84 Å². The van der Waals surface area contributed by atoms with Gasteiger partial charge >= 0.3 is 0 Å². The summed E-state index contributed by atoms with van der Waals surface area (Å²) in [5, 5.41) is 0. The monoisotopic (exact) mass is 364 g/mol. The topological polar surface area (TPSA) is 49.7 Å². The Morgan fingerprint density at radius 2 is 1.35 bits per heavy atom. The molecule has 0 unspecified atom stereocenters. The second-order valence-electron chi connectivity index (χ2n) is 5.96. The van der Waals surface area contributed by atoms with Crippen molar-refractivity contribution in [3.8, 4) is 0 Å². The fraction of sp³-hybridized carbons (Fsp3) is 0.0952. The summed E-state index contributed by atoms with van der Waals surface area (Å²) in [7, 11) is -2.02. The van der Waals surface area contributed by atoms with Gasteiger partial charge in [-0.25, -0.2) is 0 Å². The van der Waals surface area contributed by atoms with E-state index in [0.717, 1.165) is 16.8 Å². The van der Waals surface area contributed by atoms with Crippen LogP contribution in [-0.4, -0.2) is 21.3 Å². The molecule has 0 saturated carbocycles. The number of benzene rings is 3. The Hall–Kier alpha value is -2.92. The zero-order valence-electron chi connectivity index (χ0n) is 14.7. The summed E-state index contributed by atoms with van der Waals surface area (Å²) < 4.78 is 29.9. The maximum Gasteiger partial charge on any atom is 0.284 e. The Kier molecular flexibility index (Phi) is 5.19. The molecule has 0 spiro atoms. The van der Waals surface area contributed by atoms with Crippen LogP contribution in [0.2, 0.25) is 0 Å². The molecule has 3 aromatic rings. The molecule has 132 valence electrons. The number of amidine groups is 1. The van der Waals surface area contributed by atoms with Crippen molar-refractivity contribution in [3.05, 3.63) is 96.1 Å². The first-order chi connectivity index (χ1) is 12.5. The molecule has 0 radical (unpaired) electrons. The van der Waals surface area contributed by atoms with Crippen molar-refractivity contribution in [1.29, 1.82) is 0 Å². The van der Waals surface area contributed by atoms with Gasteiger partial charge in [-0.2, -0.15) is 8.42 Å². The van der Waals surface area contributed by atoms with Gasteiger partial charge in [0.1, 0.15) is 0 Å². The Morgan fingerprint density at radius 3 is 1.92 bits per heavy atom. The van der Waals surface area contributed by atoms with Crippen LogP contribution in [0.25, 0.3) is 0 Å². The van der Waals surface area contributed by atoms with Crippen LogP contribution >= 0.6 is 0 Å². The number of hydrogen-bond donors (Lipinski definition) is 0. The van der Waals surface area contributed by atoms with Gasteiger partial charge in [0.05, 0.1) is 4.90 Å². The van der Waals surface area contributed by atoms with Crippen molar-refractivity contribution in [2.24, 2.45) is 4.40 Å². The first-order valence-corrected chi connectivity index (χ1v) is 9.67. The van der Waals surface area contributed by atoms with Crippen LogP contribution in [-0.2, 0) is 10.0 Å². The SMILES string of the molecule is Cc1ccc(S(=O)(=O)/N=C(\c2ccccc2)N(C)c2ccccc2)cc1. The fourth-order valence-electron chi connectivity index (χ4n) is 2.55. The lowest BCUT2D eigenvalue weighted by Gasteiger charge is -2.21. The van der Waals surface area contributed by atoms with E-state index < -0.39 is 10.0 Å². The van der Waals surface area contributed by atoms with Gasteiger partial charge < -0.3 is 4.90 Å². The average Bonchev–Trinajstić information content (AvgIpc) is 2.67. The van der Waals surface area contributed by atoms with Crippen molar-refractivity contribution in [2.75, 3.05) is 11.9 Å². The van der Waals surface area contributed by atoms with Crippen LogP contribution < -0.4 is 4.90 Å². The highest BCUT2D eigenvalue weighted by Crippen LogP contribution is 2.19. The molecule has 0 amide bonds. The van der Waals surface area contributed by atoms with Crippen molar-refractivity contribution in [2.45, 2.75) is 11.8 Å². The number of hydrogen-bond acceptors (Lipinski definition) is 2. The molecular formula is C21H20N2O2S. The van der Waals surface area contributed by atoms with Gasteiger partial charge in [-0.3, -0.25) is 0 Å². The Labute approximate surface area is 154 Å². The van der Waals surface area contributed by atoms with Gasteiger partial charge in [0, 0.05) is 18.3 Å². The summed E-state index contributed by atoms with van der Waals surface area (Å²) in [4.78, 5) is 1.96. The predicted octanol–water partition coefficient (Wildman–Crippen LogP) is 4.27. The average molecular weight is 364 g/mol. The number of anilines is 1. The van der Waals surface area contributed by atoms with Crippen molar-refractivity contribution >= 4 is 21.5 Å². The van der Waals surface area contributed by atoms with E-state index in [4.69, 9.17) is 0 Å². The normalized spacial score (nSPS) is 12.0. The minimum Gasteiger partial charge on any atom is -0.328 e. The minimum absolute atomic E-state index is 0.179. The molecule has 3 rings (SSSR count). The predicted molar refractivity (Wildman–Crippen MR) is 106 cm³/mol. The summed E-state index contributed by atoms with van der Waals surface area (Å²) in [5.74, 6) is 0.373. The molecule has 5 heteroatoms. The van der Waals surface area contributed by atoms with Gasteiger partial charge in [0.25, 0.3) is 10.0 Å². The third-order valence-corrected chi connectivity index (χ3v) is 5.30. The number of nitrogens with zero attached hydrogens (tertiary/aromatic N) is 2. The third kappa shape index (κ3) is 4.00. The molecule has 0 heterocycles. The van der Waals surface area contributed by atoms with E-state index in [1.807, 2.05) is 74.6 Å². The number of aryl methyl sites for hydroxylation is 1. The van der Waals surface area contributed by atoms with E-state index in [1.54, 1.807) is 29.2 Å². The second-order valence-corrected chi connectivity index (χ2v) is 7.57. The van der Waals surface area contributed by atoms with Crippen LogP contribution in [0.5, 0.6) is 0 Å². The highest BCUT2D eigenvalue weighted by molar-refractivity contribution is 7.90. The maximum atomic E-state index is 12.8. The van der Waals surface area contributed by atoms with E-state index >= 15 is 0 Å². The summed E-state index contributed by atoms with van der Waals surface area (Å²) in [6.07, 6.45) is 0. The Balaban J connectivity index is 2.11. The summed E-state index contributed by atoms with van der Waals surface area (Å²) in [6.45, 7) is 1.91. The van der Waals surface area contributed by atoms with E-state index in [0.29, 0.717) is 5.84 Å². The van der Waals surface area contributed by atoms with Crippen LogP contribution in [0.3, 0.4) is 0 Å². The Morgan fingerprint density at radius 1 is 0.808 bits per heavy atom. The van der Waals surface area contributed by atoms with Crippen LogP contribution in [0.1, 0.15) is 11.1 Å². The van der Waals surface area contributed by atoms with Gasteiger partial charge in [-0.05, 0) is 31.2 Å². The van der Waals surface area contributed by atoms with Gasteiger partial charge in [0.2, 0.25) is 0 Å². The van der Waals surface area contributed by atoms with E-state index in [9.17, 15) is 8.42 Å². The van der Waals surface area contributed by atoms with Gasteiger partial charge in [-0.1, -0.05) is 66.2 Å². The molecule has 26 heavy (non-hydrogen) atoms. The molecule has 4 nitrogen and oxygen atoms in total. The number of sulfonamides is 1. The first-order valence-electron chi connectivity index (χ1n) is 8.23. The zero-order chi connectivity index (χ0) is 18.6. The molecule has 0 aliphatic rings. The lowest BCUT2D eigenvalue weighted by atomic mass is 10.2. The molecule has 0 aromatic heterocycles. The molecule has 3 aromatic carbocycles. The molecule has 0 fully saturated rings. The molecule has 0 N–H and O–H groups in total. The minimum atomic E-state index is -3.83. The molecule has 0 bridgehead atoms. The third-order valence-electron chi connectivity index (χ3n) is 4.02. The lowest BCUT2D eigenvalue weighted by molar-refractivity contribution is 0.598. The number of para-hydroxylation sites is 1.